The third-order valence-electron chi connectivity index (χ3n) is 3.25. The summed E-state index contributed by atoms with van der Waals surface area (Å²) in [5.41, 5.74) is 10.4. The molecule has 1 aliphatic carbocycles. The Labute approximate surface area is 128 Å². The number of ether oxygens (including phenoxy) is 1. The molecule has 0 atom stereocenters. The second-order valence-corrected chi connectivity index (χ2v) is 5.32. The number of rotatable bonds is 4. The van der Waals surface area contributed by atoms with Gasteiger partial charge in [-0.25, -0.2) is 4.79 Å². The Morgan fingerprint density at radius 2 is 2.29 bits per heavy atom. The molecular weight excluding hydrogens is 290 g/mol. The van der Waals surface area contributed by atoms with Gasteiger partial charge in [-0.1, -0.05) is 6.92 Å². The third-order valence-corrected chi connectivity index (χ3v) is 3.34. The molecule has 21 heavy (non-hydrogen) atoms. The first kappa shape index (κ1) is 15.5. The number of nitrogens with two attached hydrogens (primary N) is 1. The van der Waals surface area contributed by atoms with Crippen molar-refractivity contribution >= 4 is 29.0 Å². The van der Waals surface area contributed by atoms with Crippen molar-refractivity contribution in [2.45, 2.75) is 39.5 Å². The number of nitrogens with one attached hydrogen (secondary N) is 1. The summed E-state index contributed by atoms with van der Waals surface area (Å²) < 4.78 is 10.8. The Morgan fingerprint density at radius 1 is 1.52 bits per heavy atom. The third kappa shape index (κ3) is 3.41. The number of furan rings is 1. The van der Waals surface area contributed by atoms with Gasteiger partial charge >= 0.3 is 5.97 Å². The van der Waals surface area contributed by atoms with Crippen LogP contribution < -0.4 is 11.2 Å². The summed E-state index contributed by atoms with van der Waals surface area (Å²) >= 11 is 4.75. The average Bonchev–Trinajstić information content (AvgIpc) is 2.80. The molecule has 2 rings (SSSR count). The van der Waals surface area contributed by atoms with E-state index in [-0.39, 0.29) is 10.9 Å². The Morgan fingerprint density at radius 3 is 2.95 bits per heavy atom. The van der Waals surface area contributed by atoms with Crippen LogP contribution in [0.4, 0.5) is 0 Å². The van der Waals surface area contributed by atoms with Crippen LogP contribution in [0.15, 0.2) is 9.52 Å². The molecule has 0 bridgehead atoms. The Kier molecular flexibility index (Phi) is 4.95. The fourth-order valence-corrected chi connectivity index (χ4v) is 2.40. The van der Waals surface area contributed by atoms with Gasteiger partial charge in [-0.05, 0) is 38.4 Å². The molecule has 1 aromatic rings. The molecule has 6 nitrogen and oxygen atoms in total. The number of carbonyl (C=O) groups excluding carboxylic acids is 1. The maximum absolute atomic E-state index is 12.0. The highest BCUT2D eigenvalue weighted by Crippen LogP contribution is 2.30. The normalized spacial score (nSPS) is 15.6. The standard InChI is InChI=1S/C14H19N3O3S/c1-3-7-19-13(18)12-8(2)11-9(16-17-14(15)21)5-4-6-10(11)20-12/h3-7H2,1-2H3,(H3,15,17,21)/b16-9+. The van der Waals surface area contributed by atoms with Crippen LogP contribution in [0.2, 0.25) is 0 Å². The van der Waals surface area contributed by atoms with Crippen molar-refractivity contribution in [3.05, 3.63) is 22.6 Å². The molecule has 1 heterocycles. The topological polar surface area (TPSA) is 89.8 Å². The molecule has 0 unspecified atom stereocenters. The van der Waals surface area contributed by atoms with Crippen molar-refractivity contribution in [3.8, 4) is 0 Å². The van der Waals surface area contributed by atoms with E-state index in [1.807, 2.05) is 13.8 Å². The van der Waals surface area contributed by atoms with Crippen LogP contribution in [-0.2, 0) is 11.2 Å². The molecule has 0 radical (unpaired) electrons. The maximum atomic E-state index is 12.0. The highest BCUT2D eigenvalue weighted by molar-refractivity contribution is 7.80. The predicted octanol–water partition coefficient (Wildman–Crippen LogP) is 2.03. The summed E-state index contributed by atoms with van der Waals surface area (Å²) in [5, 5.41) is 4.32. The first-order chi connectivity index (χ1) is 10.0. The molecule has 0 fully saturated rings. The van der Waals surface area contributed by atoms with Crippen molar-refractivity contribution < 1.29 is 13.9 Å². The van der Waals surface area contributed by atoms with Crippen LogP contribution >= 0.6 is 12.2 Å². The summed E-state index contributed by atoms with van der Waals surface area (Å²) in [7, 11) is 0. The first-order valence-corrected chi connectivity index (χ1v) is 7.37. The molecule has 114 valence electrons. The molecule has 7 heteroatoms. The van der Waals surface area contributed by atoms with Crippen LogP contribution in [0.1, 0.15) is 53.6 Å². The maximum Gasteiger partial charge on any atom is 0.374 e. The number of carbonyl (C=O) groups is 1. The predicted molar refractivity (Wildman–Crippen MR) is 83.4 cm³/mol. The van der Waals surface area contributed by atoms with Crippen molar-refractivity contribution in [2.75, 3.05) is 6.61 Å². The van der Waals surface area contributed by atoms with Crippen molar-refractivity contribution in [2.24, 2.45) is 10.8 Å². The van der Waals surface area contributed by atoms with Gasteiger partial charge in [-0.2, -0.15) is 5.10 Å². The van der Waals surface area contributed by atoms with E-state index in [4.69, 9.17) is 27.1 Å². The molecule has 0 spiro atoms. The number of esters is 1. The Bertz CT molecular complexity index is 593. The first-order valence-electron chi connectivity index (χ1n) is 6.96. The minimum absolute atomic E-state index is 0.110. The number of hydrazone groups is 1. The number of aryl methyl sites for hydroxylation is 1. The lowest BCUT2D eigenvalue weighted by Gasteiger charge is -2.13. The van der Waals surface area contributed by atoms with Crippen LogP contribution in [0.3, 0.4) is 0 Å². The Hall–Kier alpha value is -1.89. The molecule has 1 aromatic heterocycles. The van der Waals surface area contributed by atoms with Crippen molar-refractivity contribution in [3.63, 3.8) is 0 Å². The highest BCUT2D eigenvalue weighted by atomic mass is 32.1. The molecule has 0 aliphatic heterocycles. The zero-order valence-corrected chi connectivity index (χ0v) is 13.0. The van der Waals surface area contributed by atoms with Crippen LogP contribution in [0.5, 0.6) is 0 Å². The number of hydrogen-bond acceptors (Lipinski definition) is 5. The second-order valence-electron chi connectivity index (χ2n) is 4.88. The van der Waals surface area contributed by atoms with Gasteiger partial charge in [0, 0.05) is 17.5 Å². The number of hydrogen-bond donors (Lipinski definition) is 2. The molecule has 0 saturated heterocycles. The van der Waals surface area contributed by atoms with Gasteiger partial charge in [0.15, 0.2) is 5.11 Å². The summed E-state index contributed by atoms with van der Waals surface area (Å²) in [6, 6.07) is 0. The van der Waals surface area contributed by atoms with Crippen LogP contribution in [0, 0.1) is 6.92 Å². The van der Waals surface area contributed by atoms with Gasteiger partial charge in [0.05, 0.1) is 12.3 Å². The lowest BCUT2D eigenvalue weighted by Crippen LogP contribution is -2.26. The SMILES string of the molecule is CCCOC(=O)c1oc2c(c1C)/C(=N/NC(N)=S)CCC2. The largest absolute Gasteiger partial charge is 0.460 e. The van der Waals surface area contributed by atoms with E-state index in [0.717, 1.165) is 48.3 Å². The lowest BCUT2D eigenvalue weighted by atomic mass is 9.93. The van der Waals surface area contributed by atoms with E-state index in [0.29, 0.717) is 6.61 Å². The van der Waals surface area contributed by atoms with E-state index < -0.39 is 5.97 Å². The molecule has 1 aliphatic rings. The average molecular weight is 309 g/mol. The molecular formula is C14H19N3O3S. The summed E-state index contributed by atoms with van der Waals surface area (Å²) in [5.74, 6) is 0.606. The van der Waals surface area contributed by atoms with E-state index in [1.54, 1.807) is 0 Å². The van der Waals surface area contributed by atoms with Crippen LogP contribution in [-0.4, -0.2) is 23.4 Å². The van der Waals surface area contributed by atoms with Crippen molar-refractivity contribution in [1.82, 2.24) is 5.43 Å². The molecule has 0 amide bonds. The fourth-order valence-electron chi connectivity index (χ4n) is 2.36. The monoisotopic (exact) mass is 309 g/mol. The zero-order valence-electron chi connectivity index (χ0n) is 12.2. The van der Waals surface area contributed by atoms with E-state index in [1.165, 1.54) is 0 Å². The molecule has 0 saturated carbocycles. The fraction of sp³-hybridized carbons (Fsp3) is 0.500. The van der Waals surface area contributed by atoms with Gasteiger partial charge in [0.2, 0.25) is 5.76 Å². The number of nitrogens with zero attached hydrogens (tertiary/aromatic N) is 1. The second kappa shape index (κ2) is 6.71. The highest BCUT2D eigenvalue weighted by Gasteiger charge is 2.28. The zero-order chi connectivity index (χ0) is 15.4. The van der Waals surface area contributed by atoms with Gasteiger partial charge in [0.1, 0.15) is 5.76 Å². The van der Waals surface area contributed by atoms with Gasteiger partial charge in [-0.15, -0.1) is 0 Å². The smallest absolute Gasteiger partial charge is 0.374 e. The Balaban J connectivity index is 2.32. The quantitative estimate of drug-likeness (QED) is 0.502. The van der Waals surface area contributed by atoms with E-state index in [9.17, 15) is 4.79 Å². The van der Waals surface area contributed by atoms with Gasteiger partial charge in [-0.3, -0.25) is 5.43 Å². The molecule has 0 aromatic carbocycles. The summed E-state index contributed by atoms with van der Waals surface area (Å²) in [6.45, 7) is 4.17. The van der Waals surface area contributed by atoms with E-state index >= 15 is 0 Å². The summed E-state index contributed by atoms with van der Waals surface area (Å²) in [4.78, 5) is 12.0. The minimum Gasteiger partial charge on any atom is -0.460 e. The van der Waals surface area contributed by atoms with E-state index in [2.05, 4.69) is 10.5 Å². The lowest BCUT2D eigenvalue weighted by molar-refractivity contribution is 0.0465. The number of thiocarbonyl (C=S) groups is 1. The number of fused-ring (bicyclic) bond motifs is 1. The summed E-state index contributed by atoms with van der Waals surface area (Å²) in [6.07, 6.45) is 3.24. The van der Waals surface area contributed by atoms with Crippen LogP contribution in [0.25, 0.3) is 0 Å². The van der Waals surface area contributed by atoms with Gasteiger partial charge in [0.25, 0.3) is 0 Å². The van der Waals surface area contributed by atoms with Crippen molar-refractivity contribution in [1.29, 1.82) is 0 Å². The molecule has 3 N–H and O–H groups in total. The minimum atomic E-state index is -0.426. The van der Waals surface area contributed by atoms with Gasteiger partial charge < -0.3 is 14.9 Å².